The minimum Gasteiger partial charge on any atom is -0.385 e. The van der Waals surface area contributed by atoms with Gasteiger partial charge in [-0.05, 0) is 54.3 Å². The largest absolute Gasteiger partial charge is 0.418 e. The molecule has 0 aliphatic heterocycles. The number of fused-ring (bicyclic) bond motifs is 1. The van der Waals surface area contributed by atoms with Crippen molar-refractivity contribution in [2.75, 3.05) is 38.7 Å². The molecule has 0 radical (unpaired) electrons. The van der Waals surface area contributed by atoms with E-state index in [1.54, 1.807) is 0 Å². The summed E-state index contributed by atoms with van der Waals surface area (Å²) in [6.45, 7) is -0.155. The van der Waals surface area contributed by atoms with Crippen LogP contribution < -0.4 is 5.32 Å². The lowest BCUT2D eigenvalue weighted by Gasteiger charge is -2.28. The predicted octanol–water partition coefficient (Wildman–Crippen LogP) is 7.35. The van der Waals surface area contributed by atoms with Gasteiger partial charge in [-0.3, -0.25) is 4.79 Å². The fourth-order valence-electron chi connectivity index (χ4n) is 4.85. The molecule has 3 amide bonds. The molecule has 0 aliphatic rings. The number of nitrogens with zero attached hydrogens (tertiary/aromatic N) is 2. The Morgan fingerprint density at radius 3 is 2.22 bits per heavy atom. The number of hydrogen-bond donors (Lipinski definition) is 2. The minimum absolute atomic E-state index is 0.00380. The summed E-state index contributed by atoms with van der Waals surface area (Å²) < 4.78 is 85.1. The first-order valence-corrected chi connectivity index (χ1v) is 14.1. The fourth-order valence-corrected chi connectivity index (χ4v) is 4.85. The highest BCUT2D eigenvalue weighted by Crippen LogP contribution is 2.34. The van der Waals surface area contributed by atoms with Gasteiger partial charge in [0.05, 0.1) is 16.8 Å². The Balaban J connectivity index is 1.56. The molecule has 1 aromatic heterocycles. The Kier molecular flexibility index (Phi) is 10.8. The predicted molar refractivity (Wildman–Crippen MR) is 157 cm³/mol. The SMILES string of the molecule is COCCCN(CC(=O)N(CCc1c[nH]c2ccccc12)Cc1ccc(C(F)(F)F)cc1)C(=O)Nc1ccccc1C(F)(F)F. The van der Waals surface area contributed by atoms with Gasteiger partial charge in [-0.25, -0.2) is 4.79 Å². The lowest BCUT2D eigenvalue weighted by atomic mass is 10.1. The third kappa shape index (κ3) is 9.00. The molecule has 2 N–H and O–H groups in total. The number of para-hydroxylation sites is 2. The van der Waals surface area contributed by atoms with Crippen LogP contribution in [0.15, 0.2) is 79.0 Å². The first-order chi connectivity index (χ1) is 21.4. The van der Waals surface area contributed by atoms with E-state index in [9.17, 15) is 35.9 Å². The normalized spacial score (nSPS) is 11.9. The summed E-state index contributed by atoms with van der Waals surface area (Å²) in [5.41, 5.74) is -0.0837. The molecule has 0 unspecified atom stereocenters. The summed E-state index contributed by atoms with van der Waals surface area (Å²) >= 11 is 0. The average molecular weight is 635 g/mol. The molecule has 45 heavy (non-hydrogen) atoms. The molecule has 0 saturated heterocycles. The van der Waals surface area contributed by atoms with Crippen molar-refractivity contribution in [2.24, 2.45) is 0 Å². The highest BCUT2D eigenvalue weighted by Gasteiger charge is 2.34. The van der Waals surface area contributed by atoms with E-state index < -0.39 is 47.6 Å². The van der Waals surface area contributed by atoms with Gasteiger partial charge in [0.2, 0.25) is 5.91 Å². The van der Waals surface area contributed by atoms with Gasteiger partial charge < -0.3 is 24.8 Å². The van der Waals surface area contributed by atoms with E-state index in [0.29, 0.717) is 18.4 Å². The maximum atomic E-state index is 13.7. The van der Waals surface area contributed by atoms with E-state index in [1.165, 1.54) is 36.3 Å². The van der Waals surface area contributed by atoms with Gasteiger partial charge >= 0.3 is 18.4 Å². The van der Waals surface area contributed by atoms with Gasteiger partial charge in [-0.2, -0.15) is 26.3 Å². The molecule has 3 aromatic carbocycles. The number of aromatic amines is 1. The van der Waals surface area contributed by atoms with E-state index >= 15 is 0 Å². The Labute approximate surface area is 255 Å². The highest BCUT2D eigenvalue weighted by atomic mass is 19.4. The van der Waals surface area contributed by atoms with Crippen LogP contribution in [-0.4, -0.2) is 60.1 Å². The van der Waals surface area contributed by atoms with Crippen LogP contribution in [0.2, 0.25) is 0 Å². The van der Waals surface area contributed by atoms with Gasteiger partial charge in [0, 0.05) is 50.5 Å². The standard InChI is InChI=1S/C32H32F6N4O3/c1-45-18-6-16-42(30(44)40-28-10-5-3-8-26(28)32(36,37)38)21-29(43)41(20-22-11-13-24(14-12-22)31(33,34)35)17-15-23-19-39-27-9-4-2-7-25(23)27/h2-5,7-14,19,39H,6,15-18,20-21H2,1H3,(H,40,44). The molecule has 240 valence electrons. The highest BCUT2D eigenvalue weighted by molar-refractivity contribution is 5.93. The summed E-state index contributed by atoms with van der Waals surface area (Å²) in [7, 11) is 1.45. The number of urea groups is 1. The summed E-state index contributed by atoms with van der Waals surface area (Å²) in [4.78, 5) is 32.7. The number of aromatic nitrogens is 1. The minimum atomic E-state index is -4.72. The van der Waals surface area contributed by atoms with Crippen LogP contribution in [0.3, 0.4) is 0 Å². The summed E-state index contributed by atoms with van der Waals surface area (Å²) in [5.74, 6) is -0.536. The topological polar surface area (TPSA) is 77.7 Å². The van der Waals surface area contributed by atoms with Crippen LogP contribution >= 0.6 is 0 Å². The maximum Gasteiger partial charge on any atom is 0.418 e. The Morgan fingerprint density at radius 2 is 1.53 bits per heavy atom. The number of alkyl halides is 6. The quantitative estimate of drug-likeness (QED) is 0.126. The van der Waals surface area contributed by atoms with Gasteiger partial charge in [0.15, 0.2) is 0 Å². The number of anilines is 1. The van der Waals surface area contributed by atoms with Gasteiger partial charge in [0.1, 0.15) is 6.54 Å². The van der Waals surface area contributed by atoms with E-state index in [2.05, 4.69) is 10.3 Å². The Hall–Kier alpha value is -4.52. The zero-order valence-corrected chi connectivity index (χ0v) is 24.3. The van der Waals surface area contributed by atoms with Crippen molar-refractivity contribution in [3.8, 4) is 0 Å². The van der Waals surface area contributed by atoms with Crippen LogP contribution in [-0.2, 0) is 34.8 Å². The molecule has 1 heterocycles. The fraction of sp³-hybridized carbons (Fsp3) is 0.312. The van der Waals surface area contributed by atoms with Crippen molar-refractivity contribution < 1.29 is 40.7 Å². The first-order valence-electron chi connectivity index (χ1n) is 14.1. The van der Waals surface area contributed by atoms with E-state index in [4.69, 9.17) is 4.74 Å². The van der Waals surface area contributed by atoms with E-state index in [-0.39, 0.29) is 26.2 Å². The summed E-state index contributed by atoms with van der Waals surface area (Å²) in [5, 5.41) is 3.23. The number of methoxy groups -OCH3 is 1. The molecule has 4 rings (SSSR count). The number of benzene rings is 3. The van der Waals surface area contributed by atoms with Crippen molar-refractivity contribution >= 4 is 28.5 Å². The monoisotopic (exact) mass is 634 g/mol. The third-order valence-electron chi connectivity index (χ3n) is 7.20. The van der Waals surface area contributed by atoms with E-state index in [1.807, 2.05) is 30.5 Å². The average Bonchev–Trinajstić information content (AvgIpc) is 3.41. The number of carbonyl (C=O) groups excluding carboxylic acids is 2. The molecule has 0 bridgehead atoms. The summed E-state index contributed by atoms with van der Waals surface area (Å²) in [6.07, 6.45) is -6.74. The van der Waals surface area contributed by atoms with Crippen molar-refractivity contribution in [2.45, 2.75) is 31.7 Å². The molecule has 0 spiro atoms. The second kappa shape index (κ2) is 14.5. The lowest BCUT2D eigenvalue weighted by Crippen LogP contribution is -2.45. The second-order valence-corrected chi connectivity index (χ2v) is 10.4. The number of halogens is 6. The maximum absolute atomic E-state index is 13.7. The molecule has 13 heteroatoms. The van der Waals surface area contributed by atoms with Crippen molar-refractivity contribution in [1.29, 1.82) is 0 Å². The molecule has 4 aromatic rings. The third-order valence-corrected chi connectivity index (χ3v) is 7.20. The molecule has 7 nitrogen and oxygen atoms in total. The van der Waals surface area contributed by atoms with Gasteiger partial charge in [-0.15, -0.1) is 0 Å². The number of ether oxygens (including phenoxy) is 1. The molecule has 0 fully saturated rings. The molecule has 0 atom stereocenters. The number of amides is 3. The van der Waals surface area contributed by atoms with E-state index in [0.717, 1.165) is 45.6 Å². The van der Waals surface area contributed by atoms with Gasteiger partial charge in [0.25, 0.3) is 0 Å². The molecular weight excluding hydrogens is 602 g/mol. The van der Waals surface area contributed by atoms with Crippen LogP contribution in [0, 0.1) is 0 Å². The van der Waals surface area contributed by atoms with Crippen LogP contribution in [0.25, 0.3) is 10.9 Å². The number of hydrogen-bond acceptors (Lipinski definition) is 3. The zero-order chi connectivity index (χ0) is 32.6. The van der Waals surface area contributed by atoms with Crippen LogP contribution in [0.4, 0.5) is 36.8 Å². The first kappa shape index (κ1) is 33.4. The van der Waals surface area contributed by atoms with Crippen molar-refractivity contribution in [3.63, 3.8) is 0 Å². The molecule has 0 saturated carbocycles. The van der Waals surface area contributed by atoms with Gasteiger partial charge in [-0.1, -0.05) is 42.5 Å². The van der Waals surface area contributed by atoms with Crippen molar-refractivity contribution in [3.05, 3.63) is 101 Å². The van der Waals surface area contributed by atoms with Crippen LogP contribution in [0.5, 0.6) is 0 Å². The number of rotatable bonds is 12. The lowest BCUT2D eigenvalue weighted by molar-refractivity contribution is -0.138. The molecule has 0 aliphatic carbocycles. The number of nitrogens with one attached hydrogen (secondary N) is 2. The number of carbonyl (C=O) groups is 2. The molecular formula is C32H32F6N4O3. The smallest absolute Gasteiger partial charge is 0.385 e. The Bertz CT molecular complexity index is 1580. The Morgan fingerprint density at radius 1 is 0.844 bits per heavy atom. The second-order valence-electron chi connectivity index (χ2n) is 10.4. The summed E-state index contributed by atoms with van der Waals surface area (Å²) in [6, 6.07) is 15.6. The number of H-pyrrole nitrogens is 1. The zero-order valence-electron chi connectivity index (χ0n) is 24.3. The van der Waals surface area contributed by atoms with Crippen molar-refractivity contribution in [1.82, 2.24) is 14.8 Å². The van der Waals surface area contributed by atoms with Crippen LogP contribution in [0.1, 0.15) is 28.7 Å².